The quantitative estimate of drug-likeness (QED) is 0.733. The Kier molecular flexibility index (Phi) is 4.13. The average molecular weight is 310 g/mol. The largest absolute Gasteiger partial charge is 0.480 e. The average Bonchev–Trinajstić information content (AvgIpc) is 2.67. The standard InChI is InChI=1S/C12H10N2O6S/c15-8(16)5-14-10(17)9(21-12(14)20)13-7-3-1-6(2-4-7)11(18)19/h1-4,9,13H,5H2,(H,15,16)(H,18,19)/t9-/m1/s1. The number of nitrogens with one attached hydrogen (secondary N) is 1. The van der Waals surface area contributed by atoms with E-state index < -0.39 is 35.0 Å². The lowest BCUT2D eigenvalue weighted by Crippen LogP contribution is -2.37. The third-order valence-electron chi connectivity index (χ3n) is 2.65. The predicted molar refractivity (Wildman–Crippen MR) is 73.1 cm³/mol. The fraction of sp³-hybridized carbons (Fsp3) is 0.167. The van der Waals surface area contributed by atoms with Gasteiger partial charge < -0.3 is 15.5 Å². The summed E-state index contributed by atoms with van der Waals surface area (Å²) in [4.78, 5) is 45.4. The summed E-state index contributed by atoms with van der Waals surface area (Å²) in [7, 11) is 0. The van der Waals surface area contributed by atoms with Crippen molar-refractivity contribution in [1.82, 2.24) is 4.90 Å². The van der Waals surface area contributed by atoms with E-state index in [1.54, 1.807) is 0 Å². The van der Waals surface area contributed by atoms with E-state index in [-0.39, 0.29) is 5.56 Å². The maximum absolute atomic E-state index is 11.9. The van der Waals surface area contributed by atoms with Crippen molar-refractivity contribution in [1.29, 1.82) is 0 Å². The lowest BCUT2D eigenvalue weighted by molar-refractivity contribution is -0.141. The number of benzene rings is 1. The van der Waals surface area contributed by atoms with Crippen molar-refractivity contribution in [2.24, 2.45) is 0 Å². The number of amides is 2. The molecular formula is C12H10N2O6S. The number of carbonyl (C=O) groups is 4. The number of aromatic carboxylic acids is 1. The number of carboxylic acids is 2. The first kappa shape index (κ1) is 14.9. The lowest BCUT2D eigenvalue weighted by Gasteiger charge is -2.12. The molecular weight excluding hydrogens is 300 g/mol. The summed E-state index contributed by atoms with van der Waals surface area (Å²) in [6.07, 6.45) is 0. The summed E-state index contributed by atoms with van der Waals surface area (Å²) in [5, 5.41) is 18.6. The number of hydrogen-bond donors (Lipinski definition) is 3. The minimum atomic E-state index is -1.27. The normalized spacial score (nSPS) is 17.9. The molecule has 0 aromatic heterocycles. The van der Waals surface area contributed by atoms with Crippen molar-refractivity contribution in [2.45, 2.75) is 5.37 Å². The fourth-order valence-corrected chi connectivity index (χ4v) is 2.58. The summed E-state index contributed by atoms with van der Waals surface area (Å²) < 4.78 is 0. The zero-order valence-corrected chi connectivity index (χ0v) is 11.3. The number of imide groups is 1. The van der Waals surface area contributed by atoms with E-state index in [0.29, 0.717) is 22.3 Å². The van der Waals surface area contributed by atoms with Crippen LogP contribution in [0.2, 0.25) is 0 Å². The van der Waals surface area contributed by atoms with Gasteiger partial charge in [-0.3, -0.25) is 19.3 Å². The maximum atomic E-state index is 11.9. The van der Waals surface area contributed by atoms with Crippen LogP contribution >= 0.6 is 11.8 Å². The number of carbonyl (C=O) groups excluding carboxylic acids is 2. The first-order valence-electron chi connectivity index (χ1n) is 5.72. The van der Waals surface area contributed by atoms with E-state index in [9.17, 15) is 19.2 Å². The van der Waals surface area contributed by atoms with Gasteiger partial charge in [0.05, 0.1) is 5.56 Å². The Balaban J connectivity index is 2.06. The van der Waals surface area contributed by atoms with Crippen LogP contribution in [0.3, 0.4) is 0 Å². The Hall–Kier alpha value is -2.55. The summed E-state index contributed by atoms with van der Waals surface area (Å²) in [6, 6.07) is 5.63. The van der Waals surface area contributed by atoms with E-state index in [1.807, 2.05) is 0 Å². The number of aliphatic carboxylic acids is 1. The van der Waals surface area contributed by atoms with Gasteiger partial charge in [-0.1, -0.05) is 0 Å². The second kappa shape index (κ2) is 5.83. The lowest BCUT2D eigenvalue weighted by atomic mass is 10.2. The monoisotopic (exact) mass is 310 g/mol. The van der Waals surface area contributed by atoms with E-state index >= 15 is 0 Å². The highest BCUT2D eigenvalue weighted by molar-refractivity contribution is 8.15. The molecule has 2 rings (SSSR count). The van der Waals surface area contributed by atoms with Crippen LogP contribution in [0.4, 0.5) is 10.5 Å². The van der Waals surface area contributed by atoms with Gasteiger partial charge >= 0.3 is 11.9 Å². The molecule has 9 heteroatoms. The van der Waals surface area contributed by atoms with Crippen molar-refractivity contribution >= 4 is 40.5 Å². The predicted octanol–water partition coefficient (Wildman–Crippen LogP) is 0.903. The fourth-order valence-electron chi connectivity index (χ4n) is 1.68. The highest BCUT2D eigenvalue weighted by atomic mass is 32.2. The van der Waals surface area contributed by atoms with Gasteiger partial charge in [0.1, 0.15) is 6.54 Å². The Morgan fingerprint density at radius 1 is 1.19 bits per heavy atom. The number of carboxylic acid groups (broad SMARTS) is 2. The number of rotatable bonds is 5. The number of hydrogen-bond acceptors (Lipinski definition) is 6. The van der Waals surface area contributed by atoms with Crippen LogP contribution < -0.4 is 5.32 Å². The number of nitrogens with zero attached hydrogens (tertiary/aromatic N) is 1. The maximum Gasteiger partial charge on any atom is 0.335 e. The molecule has 1 aliphatic rings. The first-order chi connectivity index (χ1) is 9.88. The third kappa shape index (κ3) is 3.31. The molecule has 1 atom stereocenters. The van der Waals surface area contributed by atoms with Crippen LogP contribution in [0, 0.1) is 0 Å². The Morgan fingerprint density at radius 3 is 2.33 bits per heavy atom. The molecule has 2 amide bonds. The van der Waals surface area contributed by atoms with E-state index in [4.69, 9.17) is 10.2 Å². The first-order valence-corrected chi connectivity index (χ1v) is 6.60. The third-order valence-corrected chi connectivity index (χ3v) is 3.63. The van der Waals surface area contributed by atoms with Crippen molar-refractivity contribution in [3.63, 3.8) is 0 Å². The van der Waals surface area contributed by atoms with Crippen LogP contribution in [0.15, 0.2) is 24.3 Å². The Labute approximate surface area is 122 Å². The SMILES string of the molecule is O=C(O)CN1C(=O)S[C@@H](Nc2ccc(C(=O)O)cc2)C1=O. The molecule has 3 N–H and O–H groups in total. The van der Waals surface area contributed by atoms with Crippen molar-refractivity contribution in [3.05, 3.63) is 29.8 Å². The molecule has 0 bridgehead atoms. The van der Waals surface area contributed by atoms with E-state index in [1.165, 1.54) is 24.3 Å². The molecule has 1 aromatic carbocycles. The van der Waals surface area contributed by atoms with Gasteiger partial charge in [0.15, 0.2) is 5.37 Å². The van der Waals surface area contributed by atoms with Gasteiger partial charge in [-0.15, -0.1) is 0 Å². The number of thioether (sulfide) groups is 1. The van der Waals surface area contributed by atoms with Gasteiger partial charge in [-0.2, -0.15) is 0 Å². The smallest absolute Gasteiger partial charge is 0.335 e. The molecule has 0 saturated carbocycles. The highest BCUT2D eigenvalue weighted by Gasteiger charge is 2.40. The molecule has 0 aliphatic carbocycles. The molecule has 8 nitrogen and oxygen atoms in total. The van der Waals surface area contributed by atoms with Gasteiger partial charge in [0.2, 0.25) is 0 Å². The molecule has 1 fully saturated rings. The Bertz CT molecular complexity index is 615. The second-order valence-electron chi connectivity index (χ2n) is 4.11. The molecule has 1 aliphatic heterocycles. The van der Waals surface area contributed by atoms with E-state index in [2.05, 4.69) is 5.32 Å². The van der Waals surface area contributed by atoms with Gasteiger partial charge in [-0.05, 0) is 36.0 Å². The van der Waals surface area contributed by atoms with Crippen LogP contribution in [0.5, 0.6) is 0 Å². The zero-order valence-electron chi connectivity index (χ0n) is 10.5. The van der Waals surface area contributed by atoms with Crippen LogP contribution in [-0.2, 0) is 9.59 Å². The summed E-state index contributed by atoms with van der Waals surface area (Å²) in [5.41, 5.74) is 0.547. The summed E-state index contributed by atoms with van der Waals surface area (Å²) >= 11 is 0.676. The number of anilines is 1. The van der Waals surface area contributed by atoms with Crippen LogP contribution in [0.25, 0.3) is 0 Å². The van der Waals surface area contributed by atoms with Crippen molar-refractivity contribution in [2.75, 3.05) is 11.9 Å². The molecule has 1 saturated heterocycles. The molecule has 1 aromatic rings. The molecule has 0 spiro atoms. The van der Waals surface area contributed by atoms with Gasteiger partial charge in [-0.25, -0.2) is 4.79 Å². The molecule has 21 heavy (non-hydrogen) atoms. The Morgan fingerprint density at radius 2 is 1.81 bits per heavy atom. The van der Waals surface area contributed by atoms with Crippen molar-refractivity contribution < 1.29 is 29.4 Å². The van der Waals surface area contributed by atoms with Gasteiger partial charge in [0, 0.05) is 5.69 Å². The molecule has 0 radical (unpaired) electrons. The van der Waals surface area contributed by atoms with Crippen LogP contribution in [-0.4, -0.2) is 50.1 Å². The molecule has 1 heterocycles. The van der Waals surface area contributed by atoms with Crippen LogP contribution in [0.1, 0.15) is 10.4 Å². The van der Waals surface area contributed by atoms with Gasteiger partial charge in [0.25, 0.3) is 11.1 Å². The zero-order chi connectivity index (χ0) is 15.6. The topological polar surface area (TPSA) is 124 Å². The molecule has 0 unspecified atom stereocenters. The minimum Gasteiger partial charge on any atom is -0.480 e. The second-order valence-corrected chi connectivity index (χ2v) is 5.17. The van der Waals surface area contributed by atoms with E-state index in [0.717, 1.165) is 0 Å². The minimum absolute atomic E-state index is 0.0922. The summed E-state index contributed by atoms with van der Waals surface area (Å²) in [6.45, 7) is -0.680. The summed E-state index contributed by atoms with van der Waals surface area (Å²) in [5.74, 6) is -2.99. The molecule has 110 valence electrons. The van der Waals surface area contributed by atoms with Crippen molar-refractivity contribution in [3.8, 4) is 0 Å². The highest BCUT2D eigenvalue weighted by Crippen LogP contribution is 2.28.